The van der Waals surface area contributed by atoms with Gasteiger partial charge in [0.15, 0.2) is 0 Å². The molecule has 0 aliphatic heterocycles. The van der Waals surface area contributed by atoms with E-state index in [2.05, 4.69) is 17.1 Å². The van der Waals surface area contributed by atoms with Crippen LogP contribution in [0.4, 0.5) is 0 Å². The molecule has 0 unspecified atom stereocenters. The molecular weight excluding hydrogens is 258 g/mol. The summed E-state index contributed by atoms with van der Waals surface area (Å²) in [6.45, 7) is 0. The van der Waals surface area contributed by atoms with E-state index in [-0.39, 0.29) is 0 Å². The molecule has 19 heavy (non-hydrogen) atoms. The second kappa shape index (κ2) is 5.62. The Morgan fingerprint density at radius 3 is 2.79 bits per heavy atom. The van der Waals surface area contributed by atoms with Crippen LogP contribution in [-0.4, -0.2) is 4.98 Å². The molecule has 0 atom stereocenters. The van der Waals surface area contributed by atoms with E-state index in [9.17, 15) is 0 Å². The fraction of sp³-hybridized carbons (Fsp3) is 0.312. The summed E-state index contributed by atoms with van der Waals surface area (Å²) in [6.07, 6.45) is 6.63. The summed E-state index contributed by atoms with van der Waals surface area (Å²) in [5.41, 5.74) is 3.78. The van der Waals surface area contributed by atoms with Crippen LogP contribution in [-0.2, 0) is 18.7 Å². The first-order chi connectivity index (χ1) is 9.36. The number of benzene rings is 1. The molecular formula is C16H16ClNO. The standard InChI is InChI=1S/C16H16ClNO/c17-11-14-6-3-9-18-16(14)19-15-8-7-12-4-1-2-5-13(12)10-15/h3,6-10H,1-2,4-5,11H2. The van der Waals surface area contributed by atoms with E-state index in [4.69, 9.17) is 16.3 Å². The second-order valence-electron chi connectivity index (χ2n) is 4.84. The van der Waals surface area contributed by atoms with Crippen LogP contribution in [0.5, 0.6) is 11.6 Å². The number of alkyl halides is 1. The molecule has 1 aliphatic carbocycles. The van der Waals surface area contributed by atoms with Gasteiger partial charge in [-0.05, 0) is 55.0 Å². The summed E-state index contributed by atoms with van der Waals surface area (Å²) in [7, 11) is 0. The fourth-order valence-electron chi connectivity index (χ4n) is 2.50. The predicted octanol–water partition coefficient (Wildman–Crippen LogP) is 4.49. The quantitative estimate of drug-likeness (QED) is 0.769. The molecule has 3 heteroatoms. The van der Waals surface area contributed by atoms with E-state index in [1.54, 1.807) is 6.20 Å². The van der Waals surface area contributed by atoms with Crippen LogP contribution < -0.4 is 4.74 Å². The average molecular weight is 274 g/mol. The van der Waals surface area contributed by atoms with Crippen molar-refractivity contribution in [2.75, 3.05) is 0 Å². The SMILES string of the molecule is ClCc1cccnc1Oc1ccc2c(c1)CCCC2. The van der Waals surface area contributed by atoms with E-state index < -0.39 is 0 Å². The maximum atomic E-state index is 5.89. The lowest BCUT2D eigenvalue weighted by molar-refractivity contribution is 0.457. The zero-order valence-electron chi connectivity index (χ0n) is 10.7. The maximum Gasteiger partial charge on any atom is 0.223 e. The molecule has 0 N–H and O–H groups in total. The van der Waals surface area contributed by atoms with Gasteiger partial charge in [-0.15, -0.1) is 11.6 Å². The number of aromatic nitrogens is 1. The second-order valence-corrected chi connectivity index (χ2v) is 5.11. The van der Waals surface area contributed by atoms with Crippen molar-refractivity contribution in [1.29, 1.82) is 0 Å². The number of ether oxygens (including phenoxy) is 1. The molecule has 0 spiro atoms. The molecule has 1 aromatic heterocycles. The molecule has 1 aromatic carbocycles. The topological polar surface area (TPSA) is 22.1 Å². The normalized spacial score (nSPS) is 13.9. The van der Waals surface area contributed by atoms with Gasteiger partial charge in [-0.1, -0.05) is 12.1 Å². The molecule has 0 fully saturated rings. The summed E-state index contributed by atoms with van der Waals surface area (Å²) in [5.74, 6) is 1.87. The van der Waals surface area contributed by atoms with E-state index >= 15 is 0 Å². The van der Waals surface area contributed by atoms with Crippen molar-refractivity contribution in [2.24, 2.45) is 0 Å². The van der Waals surface area contributed by atoms with Gasteiger partial charge in [0.1, 0.15) is 5.75 Å². The monoisotopic (exact) mass is 273 g/mol. The molecule has 0 saturated heterocycles. The summed E-state index contributed by atoms with van der Waals surface area (Å²) in [4.78, 5) is 4.25. The van der Waals surface area contributed by atoms with E-state index in [1.807, 2.05) is 18.2 Å². The van der Waals surface area contributed by atoms with E-state index in [1.165, 1.54) is 30.4 Å². The molecule has 0 bridgehead atoms. The number of aryl methyl sites for hydroxylation is 2. The van der Waals surface area contributed by atoms with Crippen LogP contribution in [0.1, 0.15) is 29.5 Å². The van der Waals surface area contributed by atoms with Crippen molar-refractivity contribution in [3.63, 3.8) is 0 Å². The lowest BCUT2D eigenvalue weighted by atomic mass is 9.92. The third-order valence-corrected chi connectivity index (χ3v) is 3.82. The number of fused-ring (bicyclic) bond motifs is 1. The number of hydrogen-bond acceptors (Lipinski definition) is 2. The van der Waals surface area contributed by atoms with Gasteiger partial charge in [0.25, 0.3) is 0 Å². The van der Waals surface area contributed by atoms with Crippen LogP contribution in [0, 0.1) is 0 Å². The van der Waals surface area contributed by atoms with Gasteiger partial charge >= 0.3 is 0 Å². The fourth-order valence-corrected chi connectivity index (χ4v) is 2.71. The van der Waals surface area contributed by atoms with Crippen LogP contribution in [0.25, 0.3) is 0 Å². The van der Waals surface area contributed by atoms with E-state index in [0.717, 1.165) is 17.7 Å². The van der Waals surface area contributed by atoms with Gasteiger partial charge in [0, 0.05) is 11.8 Å². The minimum Gasteiger partial charge on any atom is -0.439 e. The Bertz CT molecular complexity index is 583. The maximum absolute atomic E-state index is 5.89. The van der Waals surface area contributed by atoms with Crippen molar-refractivity contribution >= 4 is 11.6 Å². The molecule has 0 saturated carbocycles. The Kier molecular flexibility index (Phi) is 3.69. The average Bonchev–Trinajstić information content (AvgIpc) is 2.48. The molecule has 1 aliphatic rings. The summed E-state index contributed by atoms with van der Waals surface area (Å²) < 4.78 is 5.87. The zero-order valence-corrected chi connectivity index (χ0v) is 11.5. The van der Waals surface area contributed by atoms with Gasteiger partial charge in [-0.2, -0.15) is 0 Å². The first-order valence-corrected chi connectivity index (χ1v) is 7.20. The molecule has 1 heterocycles. The number of halogens is 1. The van der Waals surface area contributed by atoms with Gasteiger partial charge < -0.3 is 4.74 Å². The highest BCUT2D eigenvalue weighted by Gasteiger charge is 2.11. The van der Waals surface area contributed by atoms with Crippen molar-refractivity contribution in [2.45, 2.75) is 31.6 Å². The first-order valence-electron chi connectivity index (χ1n) is 6.66. The molecule has 2 aromatic rings. The van der Waals surface area contributed by atoms with Crippen molar-refractivity contribution in [3.8, 4) is 11.6 Å². The van der Waals surface area contributed by atoms with Crippen molar-refractivity contribution in [3.05, 3.63) is 53.2 Å². The van der Waals surface area contributed by atoms with Crippen molar-refractivity contribution in [1.82, 2.24) is 4.98 Å². The predicted molar refractivity (Wildman–Crippen MR) is 77.0 cm³/mol. The van der Waals surface area contributed by atoms with Gasteiger partial charge in [-0.3, -0.25) is 0 Å². The van der Waals surface area contributed by atoms with Crippen LogP contribution in [0.15, 0.2) is 36.5 Å². The minimum atomic E-state index is 0.411. The minimum absolute atomic E-state index is 0.411. The number of pyridine rings is 1. The molecule has 0 radical (unpaired) electrons. The Morgan fingerprint density at radius 2 is 1.95 bits per heavy atom. The lowest BCUT2D eigenvalue weighted by Crippen LogP contribution is -2.02. The van der Waals surface area contributed by atoms with Gasteiger partial charge in [0.2, 0.25) is 5.88 Å². The van der Waals surface area contributed by atoms with Gasteiger partial charge in [-0.25, -0.2) is 4.98 Å². The third-order valence-electron chi connectivity index (χ3n) is 3.53. The number of hydrogen-bond donors (Lipinski definition) is 0. The number of rotatable bonds is 3. The molecule has 98 valence electrons. The largest absolute Gasteiger partial charge is 0.439 e. The highest BCUT2D eigenvalue weighted by atomic mass is 35.5. The smallest absolute Gasteiger partial charge is 0.223 e. The highest BCUT2D eigenvalue weighted by molar-refractivity contribution is 6.17. The Labute approximate surface area is 118 Å². The van der Waals surface area contributed by atoms with Crippen LogP contribution >= 0.6 is 11.6 Å². The summed E-state index contributed by atoms with van der Waals surface area (Å²) >= 11 is 5.89. The third kappa shape index (κ3) is 2.74. The number of nitrogens with zero attached hydrogens (tertiary/aromatic N) is 1. The zero-order chi connectivity index (χ0) is 13.1. The highest BCUT2D eigenvalue weighted by Crippen LogP contribution is 2.29. The summed E-state index contributed by atoms with van der Waals surface area (Å²) in [6, 6.07) is 10.1. The molecule has 0 amide bonds. The van der Waals surface area contributed by atoms with E-state index in [0.29, 0.717) is 11.8 Å². The first kappa shape index (κ1) is 12.5. The lowest BCUT2D eigenvalue weighted by Gasteiger charge is -2.16. The Balaban J connectivity index is 1.87. The summed E-state index contributed by atoms with van der Waals surface area (Å²) in [5, 5.41) is 0. The Morgan fingerprint density at radius 1 is 1.11 bits per heavy atom. The molecule has 2 nitrogen and oxygen atoms in total. The van der Waals surface area contributed by atoms with Gasteiger partial charge in [0.05, 0.1) is 5.88 Å². The van der Waals surface area contributed by atoms with Crippen LogP contribution in [0.2, 0.25) is 0 Å². The molecule has 3 rings (SSSR count). The Hall–Kier alpha value is -1.54. The van der Waals surface area contributed by atoms with Crippen LogP contribution in [0.3, 0.4) is 0 Å². The van der Waals surface area contributed by atoms with Crippen molar-refractivity contribution < 1.29 is 4.74 Å².